The molecule has 1 aromatic heterocycles. The van der Waals surface area contributed by atoms with E-state index in [1.807, 2.05) is 24.3 Å². The number of fused-ring (bicyclic) bond motifs is 1. The van der Waals surface area contributed by atoms with Crippen molar-refractivity contribution in [2.24, 2.45) is 0 Å². The largest absolute Gasteiger partial charge is 0.494 e. The molecule has 0 saturated carbocycles. The molecule has 0 unspecified atom stereocenters. The summed E-state index contributed by atoms with van der Waals surface area (Å²) in [5, 5.41) is 1.69. The number of aryl methyl sites for hydroxylation is 1. The molecule has 0 aliphatic heterocycles. The molecule has 22 heavy (non-hydrogen) atoms. The number of thioether (sulfide) groups is 1. The minimum atomic E-state index is 0.688. The lowest BCUT2D eigenvalue weighted by molar-refractivity contribution is 0.318. The maximum atomic E-state index is 5.84. The zero-order valence-electron chi connectivity index (χ0n) is 12.3. The van der Waals surface area contributed by atoms with Crippen LogP contribution in [0.4, 0.5) is 0 Å². The first-order valence-corrected chi connectivity index (χ1v) is 8.54. The van der Waals surface area contributed by atoms with Gasteiger partial charge in [-0.2, -0.15) is 0 Å². The number of hydrogen-bond donors (Lipinski definition) is 1. The highest BCUT2D eigenvalue weighted by Gasteiger charge is 2.03. The van der Waals surface area contributed by atoms with Crippen LogP contribution in [0.15, 0.2) is 47.6 Å². The van der Waals surface area contributed by atoms with Crippen molar-refractivity contribution < 1.29 is 4.74 Å². The fourth-order valence-corrected chi connectivity index (χ4v) is 3.04. The molecular formula is C17H17ClN2OS. The Labute approximate surface area is 139 Å². The summed E-state index contributed by atoms with van der Waals surface area (Å²) in [5.74, 6) is 1.82. The monoisotopic (exact) mass is 332 g/mol. The third kappa shape index (κ3) is 3.96. The molecule has 0 aliphatic carbocycles. The first-order chi connectivity index (χ1) is 10.7. The molecule has 1 heterocycles. The summed E-state index contributed by atoms with van der Waals surface area (Å²) in [7, 11) is 0. The van der Waals surface area contributed by atoms with Crippen molar-refractivity contribution in [2.45, 2.75) is 18.5 Å². The van der Waals surface area contributed by atoms with Crippen molar-refractivity contribution in [1.82, 2.24) is 9.97 Å². The molecule has 0 saturated heterocycles. The van der Waals surface area contributed by atoms with Crippen LogP contribution in [0.5, 0.6) is 5.75 Å². The predicted molar refractivity (Wildman–Crippen MR) is 93.1 cm³/mol. The van der Waals surface area contributed by atoms with Crippen LogP contribution >= 0.6 is 23.4 Å². The Balaban J connectivity index is 1.45. The van der Waals surface area contributed by atoms with E-state index in [2.05, 4.69) is 35.1 Å². The standard InChI is InChI=1S/C17H17ClN2OS/c1-12-3-8-15-16(11-12)20-17(19-15)22-10-2-9-21-14-6-4-13(18)5-7-14/h3-8,11H,2,9-10H2,1H3,(H,19,20). The average Bonchev–Trinajstić information content (AvgIpc) is 2.90. The summed E-state index contributed by atoms with van der Waals surface area (Å²) >= 11 is 7.56. The molecule has 0 atom stereocenters. The number of aromatic amines is 1. The molecule has 5 heteroatoms. The van der Waals surface area contributed by atoms with Crippen LogP contribution in [0, 0.1) is 6.92 Å². The van der Waals surface area contributed by atoms with Crippen LogP contribution in [0.2, 0.25) is 5.02 Å². The lowest BCUT2D eigenvalue weighted by Gasteiger charge is -2.05. The van der Waals surface area contributed by atoms with Gasteiger partial charge in [0.1, 0.15) is 5.75 Å². The van der Waals surface area contributed by atoms with Crippen molar-refractivity contribution in [3.8, 4) is 5.75 Å². The third-order valence-electron chi connectivity index (χ3n) is 3.23. The molecular weight excluding hydrogens is 316 g/mol. The van der Waals surface area contributed by atoms with Crippen molar-refractivity contribution in [3.05, 3.63) is 53.1 Å². The van der Waals surface area contributed by atoms with Gasteiger partial charge >= 0.3 is 0 Å². The van der Waals surface area contributed by atoms with Crippen molar-refractivity contribution >= 4 is 34.4 Å². The zero-order chi connectivity index (χ0) is 15.4. The van der Waals surface area contributed by atoms with Gasteiger partial charge in [-0.3, -0.25) is 0 Å². The first kappa shape index (κ1) is 15.3. The van der Waals surface area contributed by atoms with Crippen LogP contribution < -0.4 is 4.74 Å². The quantitative estimate of drug-likeness (QED) is 0.505. The number of nitrogens with one attached hydrogen (secondary N) is 1. The van der Waals surface area contributed by atoms with E-state index in [-0.39, 0.29) is 0 Å². The second-order valence-electron chi connectivity index (χ2n) is 5.07. The maximum Gasteiger partial charge on any atom is 0.166 e. The molecule has 0 fully saturated rings. The lowest BCUT2D eigenvalue weighted by Crippen LogP contribution is -1.98. The topological polar surface area (TPSA) is 37.9 Å². The predicted octanol–water partition coefficient (Wildman–Crippen LogP) is 5.09. The number of hydrogen-bond acceptors (Lipinski definition) is 3. The number of rotatable bonds is 6. The highest BCUT2D eigenvalue weighted by Crippen LogP contribution is 2.21. The van der Waals surface area contributed by atoms with E-state index in [0.29, 0.717) is 6.61 Å². The van der Waals surface area contributed by atoms with Crippen LogP contribution in [0.25, 0.3) is 11.0 Å². The SMILES string of the molecule is Cc1ccc2nc(SCCCOc3ccc(Cl)cc3)[nH]c2c1. The molecule has 0 spiro atoms. The zero-order valence-corrected chi connectivity index (χ0v) is 13.9. The van der Waals surface area contributed by atoms with Crippen LogP contribution in [0.3, 0.4) is 0 Å². The molecule has 114 valence electrons. The molecule has 2 aromatic carbocycles. The second kappa shape index (κ2) is 7.07. The molecule has 0 bridgehead atoms. The Morgan fingerprint density at radius 2 is 2.00 bits per heavy atom. The van der Waals surface area contributed by atoms with E-state index >= 15 is 0 Å². The van der Waals surface area contributed by atoms with Gasteiger partial charge in [0.05, 0.1) is 17.6 Å². The normalized spacial score (nSPS) is 11.0. The summed E-state index contributed by atoms with van der Waals surface area (Å²) in [6, 6.07) is 13.7. The highest BCUT2D eigenvalue weighted by molar-refractivity contribution is 7.99. The Kier molecular flexibility index (Phi) is 4.90. The minimum absolute atomic E-state index is 0.688. The number of ether oxygens (including phenoxy) is 1. The summed E-state index contributed by atoms with van der Waals surface area (Å²) in [4.78, 5) is 7.92. The van der Waals surface area contributed by atoms with Gasteiger partial charge in [0.15, 0.2) is 5.16 Å². The van der Waals surface area contributed by atoms with E-state index in [9.17, 15) is 0 Å². The number of halogens is 1. The van der Waals surface area contributed by atoms with Gasteiger partial charge in [0.25, 0.3) is 0 Å². The van der Waals surface area contributed by atoms with Gasteiger partial charge in [-0.1, -0.05) is 29.4 Å². The smallest absolute Gasteiger partial charge is 0.166 e. The van der Waals surface area contributed by atoms with E-state index in [1.54, 1.807) is 11.8 Å². The number of H-pyrrole nitrogens is 1. The van der Waals surface area contributed by atoms with Crippen LogP contribution in [-0.4, -0.2) is 22.3 Å². The summed E-state index contributed by atoms with van der Waals surface area (Å²) < 4.78 is 5.67. The number of imidazole rings is 1. The maximum absolute atomic E-state index is 5.84. The number of nitrogens with zero attached hydrogens (tertiary/aromatic N) is 1. The molecule has 3 nitrogen and oxygen atoms in total. The van der Waals surface area contributed by atoms with Crippen molar-refractivity contribution in [3.63, 3.8) is 0 Å². The molecule has 0 radical (unpaired) electrons. The van der Waals surface area contributed by atoms with Crippen LogP contribution in [-0.2, 0) is 0 Å². The van der Waals surface area contributed by atoms with Gasteiger partial charge in [0, 0.05) is 10.8 Å². The Bertz CT molecular complexity index is 755. The van der Waals surface area contributed by atoms with Crippen molar-refractivity contribution in [2.75, 3.05) is 12.4 Å². The minimum Gasteiger partial charge on any atom is -0.494 e. The van der Waals surface area contributed by atoms with Gasteiger partial charge in [-0.25, -0.2) is 4.98 Å². The Morgan fingerprint density at radius 1 is 1.18 bits per heavy atom. The Morgan fingerprint density at radius 3 is 2.82 bits per heavy atom. The summed E-state index contributed by atoms with van der Waals surface area (Å²) in [6.07, 6.45) is 0.962. The van der Waals surface area contributed by atoms with Gasteiger partial charge < -0.3 is 9.72 Å². The van der Waals surface area contributed by atoms with Gasteiger partial charge in [0.2, 0.25) is 0 Å². The van der Waals surface area contributed by atoms with E-state index in [4.69, 9.17) is 16.3 Å². The third-order valence-corrected chi connectivity index (χ3v) is 4.44. The Hall–Kier alpha value is -1.65. The van der Waals surface area contributed by atoms with Crippen molar-refractivity contribution in [1.29, 1.82) is 0 Å². The summed E-state index contributed by atoms with van der Waals surface area (Å²) in [6.45, 7) is 2.77. The fraction of sp³-hybridized carbons (Fsp3) is 0.235. The number of aromatic nitrogens is 2. The summed E-state index contributed by atoms with van der Waals surface area (Å²) in [5.41, 5.74) is 3.36. The molecule has 3 rings (SSSR count). The lowest BCUT2D eigenvalue weighted by atomic mass is 10.2. The molecule has 1 N–H and O–H groups in total. The van der Waals surface area contributed by atoms with Gasteiger partial charge in [-0.15, -0.1) is 0 Å². The molecule has 0 amide bonds. The fourth-order valence-electron chi connectivity index (χ4n) is 2.12. The van der Waals surface area contributed by atoms with E-state index in [1.165, 1.54) is 5.56 Å². The second-order valence-corrected chi connectivity index (χ2v) is 6.59. The average molecular weight is 333 g/mol. The van der Waals surface area contributed by atoms with E-state index < -0.39 is 0 Å². The van der Waals surface area contributed by atoms with Gasteiger partial charge in [-0.05, 0) is 55.3 Å². The first-order valence-electron chi connectivity index (χ1n) is 7.18. The van der Waals surface area contributed by atoms with E-state index in [0.717, 1.165) is 39.1 Å². The van der Waals surface area contributed by atoms with Crippen LogP contribution in [0.1, 0.15) is 12.0 Å². The number of benzene rings is 2. The molecule has 0 aliphatic rings. The molecule has 3 aromatic rings. The highest BCUT2D eigenvalue weighted by atomic mass is 35.5.